The lowest BCUT2D eigenvalue weighted by Crippen LogP contribution is -2.17. The van der Waals surface area contributed by atoms with Gasteiger partial charge in [0, 0.05) is 0 Å². The van der Waals surface area contributed by atoms with E-state index in [9.17, 15) is 4.79 Å². The minimum absolute atomic E-state index is 0.0926. The zero-order valence-corrected chi connectivity index (χ0v) is 5.30. The molecule has 0 amide bonds. The van der Waals surface area contributed by atoms with Crippen molar-refractivity contribution in [1.82, 2.24) is 0 Å². The van der Waals surface area contributed by atoms with Gasteiger partial charge in [-0.3, -0.25) is 4.79 Å². The van der Waals surface area contributed by atoms with Crippen LogP contribution in [0.4, 0.5) is 0 Å². The molecule has 52 valence electrons. The smallest absolute Gasteiger partial charge is 0.327 e. The molecular formula is C6H11NO2. The van der Waals surface area contributed by atoms with Crippen molar-refractivity contribution in [1.29, 1.82) is 0 Å². The molecular weight excluding hydrogens is 118 g/mol. The summed E-state index contributed by atoms with van der Waals surface area (Å²) in [7, 11) is 0. The third kappa shape index (κ3) is 1.42. The van der Waals surface area contributed by atoms with Crippen molar-refractivity contribution >= 4 is 5.97 Å². The highest BCUT2D eigenvalue weighted by atomic mass is 16.7. The molecule has 1 aliphatic carbocycles. The SMILES string of the molecule is NOC(=O)C1CCCC1. The fourth-order valence-electron chi connectivity index (χ4n) is 1.26. The van der Waals surface area contributed by atoms with Gasteiger partial charge >= 0.3 is 5.97 Å². The number of nitrogens with two attached hydrogens (primary N) is 1. The van der Waals surface area contributed by atoms with Gasteiger partial charge in [-0.25, -0.2) is 0 Å². The van der Waals surface area contributed by atoms with Crippen LogP contribution in [0.5, 0.6) is 0 Å². The lowest BCUT2D eigenvalue weighted by molar-refractivity contribution is -0.148. The van der Waals surface area contributed by atoms with Crippen LogP contribution in [0, 0.1) is 5.92 Å². The standard InChI is InChI=1S/C6H11NO2/c7-9-6(8)5-3-1-2-4-5/h5H,1-4,7H2. The Kier molecular flexibility index (Phi) is 2.05. The molecule has 0 bridgehead atoms. The molecule has 1 aliphatic rings. The summed E-state index contributed by atoms with van der Waals surface area (Å²) in [5.74, 6) is 4.55. The van der Waals surface area contributed by atoms with E-state index in [1.54, 1.807) is 0 Å². The highest BCUT2D eigenvalue weighted by Gasteiger charge is 2.23. The second-order valence-electron chi connectivity index (χ2n) is 2.42. The van der Waals surface area contributed by atoms with Gasteiger partial charge in [-0.2, -0.15) is 5.90 Å². The topological polar surface area (TPSA) is 52.3 Å². The molecule has 0 atom stereocenters. The number of rotatable bonds is 1. The van der Waals surface area contributed by atoms with Crippen LogP contribution in [0.1, 0.15) is 25.7 Å². The minimum Gasteiger partial charge on any atom is -0.373 e. The summed E-state index contributed by atoms with van der Waals surface area (Å²) >= 11 is 0. The highest BCUT2D eigenvalue weighted by molar-refractivity contribution is 5.72. The van der Waals surface area contributed by atoms with Gasteiger partial charge in [0.15, 0.2) is 0 Å². The van der Waals surface area contributed by atoms with Crippen LogP contribution in [0.2, 0.25) is 0 Å². The van der Waals surface area contributed by atoms with Crippen LogP contribution < -0.4 is 5.90 Å². The van der Waals surface area contributed by atoms with Crippen molar-refractivity contribution < 1.29 is 9.63 Å². The van der Waals surface area contributed by atoms with Gasteiger partial charge in [0.1, 0.15) is 0 Å². The van der Waals surface area contributed by atoms with E-state index in [2.05, 4.69) is 4.84 Å². The van der Waals surface area contributed by atoms with Crippen LogP contribution >= 0.6 is 0 Å². The number of hydrogen-bond donors (Lipinski definition) is 1. The average Bonchev–Trinajstić information content (AvgIpc) is 2.37. The second kappa shape index (κ2) is 2.82. The molecule has 2 N–H and O–H groups in total. The summed E-state index contributed by atoms with van der Waals surface area (Å²) in [5, 5.41) is 0. The molecule has 0 unspecified atom stereocenters. The van der Waals surface area contributed by atoms with E-state index in [4.69, 9.17) is 5.90 Å². The van der Waals surface area contributed by atoms with Gasteiger partial charge in [-0.15, -0.1) is 0 Å². The summed E-state index contributed by atoms with van der Waals surface area (Å²) in [6.07, 6.45) is 4.19. The molecule has 0 aliphatic heterocycles. The molecule has 9 heavy (non-hydrogen) atoms. The molecule has 3 heteroatoms. The van der Waals surface area contributed by atoms with Crippen LogP contribution in [0.3, 0.4) is 0 Å². The summed E-state index contributed by atoms with van der Waals surface area (Å²) in [6.45, 7) is 0. The molecule has 0 saturated heterocycles. The first kappa shape index (κ1) is 6.55. The van der Waals surface area contributed by atoms with Crippen molar-refractivity contribution in [2.75, 3.05) is 0 Å². The van der Waals surface area contributed by atoms with Crippen molar-refractivity contribution in [3.63, 3.8) is 0 Å². The molecule has 0 radical (unpaired) electrons. The summed E-state index contributed by atoms with van der Waals surface area (Å²) in [5.41, 5.74) is 0. The van der Waals surface area contributed by atoms with Gasteiger partial charge in [-0.05, 0) is 12.8 Å². The molecule has 1 saturated carbocycles. The van der Waals surface area contributed by atoms with Crippen LogP contribution in [-0.4, -0.2) is 5.97 Å². The monoisotopic (exact) mass is 129 g/mol. The Bertz CT molecular complexity index is 108. The predicted octanol–water partition coefficient (Wildman–Crippen LogP) is 0.593. The third-order valence-corrected chi connectivity index (χ3v) is 1.80. The Morgan fingerprint density at radius 3 is 2.44 bits per heavy atom. The van der Waals surface area contributed by atoms with E-state index in [0.717, 1.165) is 25.7 Å². The van der Waals surface area contributed by atoms with E-state index in [-0.39, 0.29) is 11.9 Å². The summed E-state index contributed by atoms with van der Waals surface area (Å²) in [6, 6.07) is 0. The lowest BCUT2D eigenvalue weighted by Gasteiger charge is -2.02. The molecule has 3 nitrogen and oxygen atoms in total. The maximum atomic E-state index is 10.7. The quantitative estimate of drug-likeness (QED) is 0.527. The molecule has 0 spiro atoms. The lowest BCUT2D eigenvalue weighted by atomic mass is 10.1. The maximum absolute atomic E-state index is 10.7. The maximum Gasteiger partial charge on any atom is 0.327 e. The van der Waals surface area contributed by atoms with Crippen molar-refractivity contribution in [3.8, 4) is 0 Å². The van der Waals surface area contributed by atoms with E-state index in [1.807, 2.05) is 0 Å². The average molecular weight is 129 g/mol. The zero-order chi connectivity index (χ0) is 6.69. The van der Waals surface area contributed by atoms with E-state index < -0.39 is 0 Å². The molecule has 0 heterocycles. The Morgan fingerprint density at radius 2 is 2.00 bits per heavy atom. The fraction of sp³-hybridized carbons (Fsp3) is 0.833. The van der Waals surface area contributed by atoms with E-state index in [1.165, 1.54) is 0 Å². The van der Waals surface area contributed by atoms with Crippen LogP contribution in [-0.2, 0) is 9.63 Å². The summed E-state index contributed by atoms with van der Waals surface area (Å²) < 4.78 is 0. The first-order chi connectivity index (χ1) is 4.34. The molecule has 0 aromatic rings. The first-order valence-corrected chi connectivity index (χ1v) is 3.25. The Labute approximate surface area is 54.1 Å². The molecule has 0 aromatic carbocycles. The fourth-order valence-corrected chi connectivity index (χ4v) is 1.26. The van der Waals surface area contributed by atoms with Crippen LogP contribution in [0.15, 0.2) is 0 Å². The van der Waals surface area contributed by atoms with Crippen molar-refractivity contribution in [2.24, 2.45) is 11.8 Å². The van der Waals surface area contributed by atoms with Gasteiger partial charge in [-0.1, -0.05) is 12.8 Å². The Balaban J connectivity index is 2.32. The minimum atomic E-state index is -0.243. The zero-order valence-electron chi connectivity index (χ0n) is 5.30. The van der Waals surface area contributed by atoms with Crippen molar-refractivity contribution in [3.05, 3.63) is 0 Å². The molecule has 1 fully saturated rings. The molecule has 0 aromatic heterocycles. The number of hydrogen-bond acceptors (Lipinski definition) is 3. The number of carbonyl (C=O) groups is 1. The van der Waals surface area contributed by atoms with Gasteiger partial charge in [0.25, 0.3) is 0 Å². The Hall–Kier alpha value is -0.570. The highest BCUT2D eigenvalue weighted by Crippen LogP contribution is 2.24. The predicted molar refractivity (Wildman–Crippen MR) is 32.2 cm³/mol. The largest absolute Gasteiger partial charge is 0.373 e. The van der Waals surface area contributed by atoms with Gasteiger partial charge < -0.3 is 4.84 Å². The van der Waals surface area contributed by atoms with Gasteiger partial charge in [0.2, 0.25) is 0 Å². The first-order valence-electron chi connectivity index (χ1n) is 3.25. The van der Waals surface area contributed by atoms with Crippen molar-refractivity contribution in [2.45, 2.75) is 25.7 Å². The third-order valence-electron chi connectivity index (χ3n) is 1.80. The summed E-state index contributed by atoms with van der Waals surface area (Å²) in [4.78, 5) is 14.8. The molecule has 1 rings (SSSR count). The number of carbonyl (C=O) groups excluding carboxylic acids is 1. The van der Waals surface area contributed by atoms with E-state index in [0.29, 0.717) is 0 Å². The normalized spacial score (nSPS) is 20.1. The van der Waals surface area contributed by atoms with Crippen LogP contribution in [0.25, 0.3) is 0 Å². The Morgan fingerprint density at radius 1 is 1.44 bits per heavy atom. The van der Waals surface area contributed by atoms with Gasteiger partial charge in [0.05, 0.1) is 5.92 Å². The van der Waals surface area contributed by atoms with E-state index >= 15 is 0 Å². The second-order valence-corrected chi connectivity index (χ2v) is 2.42.